The SMILES string of the molecule is CC(C)CN(CC(=O)NC(C)(C)C)C[C@H](O)[C@@H]1Cc2ccc(cc2)OCCCC(=O)N[C@@H](CC(N)=O)C(=O)N1. The maximum absolute atomic E-state index is 13.3. The molecule has 4 amide bonds. The molecule has 2 heterocycles. The number of nitrogens with zero attached hydrogens (tertiary/aromatic N) is 1. The molecule has 0 fully saturated rings. The van der Waals surface area contributed by atoms with Gasteiger partial charge in [-0.05, 0) is 57.2 Å². The van der Waals surface area contributed by atoms with E-state index in [0.717, 1.165) is 5.56 Å². The summed E-state index contributed by atoms with van der Waals surface area (Å²) >= 11 is 0. The van der Waals surface area contributed by atoms with Crippen molar-refractivity contribution in [2.45, 2.75) is 84.0 Å². The van der Waals surface area contributed by atoms with Gasteiger partial charge in [0.15, 0.2) is 0 Å². The van der Waals surface area contributed by atoms with Crippen LogP contribution in [-0.4, -0.2) is 83.6 Å². The summed E-state index contributed by atoms with van der Waals surface area (Å²) in [6.45, 7) is 10.8. The van der Waals surface area contributed by atoms with Crippen molar-refractivity contribution < 1.29 is 29.0 Å². The maximum atomic E-state index is 13.3. The van der Waals surface area contributed by atoms with E-state index in [1.807, 2.05) is 51.7 Å². The van der Waals surface area contributed by atoms with E-state index in [4.69, 9.17) is 10.5 Å². The number of carbonyl (C=O) groups is 4. The third-order valence-corrected chi connectivity index (χ3v) is 6.00. The molecule has 1 aromatic carbocycles. The molecule has 2 bridgehead atoms. The van der Waals surface area contributed by atoms with Crippen molar-refractivity contribution in [2.24, 2.45) is 11.7 Å². The number of nitrogens with one attached hydrogen (secondary N) is 3. The largest absolute Gasteiger partial charge is 0.494 e. The second-order valence-electron chi connectivity index (χ2n) is 11.7. The number of aliphatic hydroxyl groups is 1. The Kier molecular flexibility index (Phi) is 12.2. The predicted octanol–water partition coefficient (Wildman–Crippen LogP) is 0.480. The van der Waals surface area contributed by atoms with E-state index < -0.39 is 41.4 Å². The lowest BCUT2D eigenvalue weighted by Crippen LogP contribution is -2.56. The van der Waals surface area contributed by atoms with Crippen molar-refractivity contribution in [2.75, 3.05) is 26.2 Å². The fourth-order valence-electron chi connectivity index (χ4n) is 4.41. The summed E-state index contributed by atoms with van der Waals surface area (Å²) in [5.74, 6) is -1.05. The molecule has 0 aliphatic carbocycles. The number of benzene rings is 1. The molecule has 1 aromatic rings. The minimum Gasteiger partial charge on any atom is -0.494 e. The van der Waals surface area contributed by atoms with Crippen molar-refractivity contribution >= 4 is 23.6 Å². The van der Waals surface area contributed by atoms with Crippen LogP contribution in [0, 0.1) is 5.92 Å². The molecule has 3 rings (SSSR count). The summed E-state index contributed by atoms with van der Waals surface area (Å²) in [5.41, 5.74) is 5.80. The van der Waals surface area contributed by atoms with Crippen molar-refractivity contribution in [1.82, 2.24) is 20.9 Å². The predicted molar refractivity (Wildman–Crippen MR) is 148 cm³/mol. The Balaban J connectivity index is 2.30. The van der Waals surface area contributed by atoms with Crippen molar-refractivity contribution in [3.8, 4) is 5.75 Å². The lowest BCUT2D eigenvalue weighted by atomic mass is 9.99. The molecule has 39 heavy (non-hydrogen) atoms. The van der Waals surface area contributed by atoms with Gasteiger partial charge in [0.05, 0.1) is 31.7 Å². The highest BCUT2D eigenvalue weighted by atomic mass is 16.5. The van der Waals surface area contributed by atoms with E-state index in [9.17, 15) is 24.3 Å². The van der Waals surface area contributed by atoms with E-state index in [0.29, 0.717) is 25.3 Å². The molecule has 0 saturated carbocycles. The molecule has 3 atom stereocenters. The number of primary amides is 1. The van der Waals surface area contributed by atoms with Gasteiger partial charge >= 0.3 is 0 Å². The third-order valence-electron chi connectivity index (χ3n) is 6.00. The summed E-state index contributed by atoms with van der Waals surface area (Å²) in [6, 6.07) is 5.36. The number of carbonyl (C=O) groups excluding carboxylic acids is 4. The van der Waals surface area contributed by atoms with Gasteiger partial charge in [-0.25, -0.2) is 0 Å². The van der Waals surface area contributed by atoms with Gasteiger partial charge in [0.1, 0.15) is 11.8 Å². The van der Waals surface area contributed by atoms with E-state index in [2.05, 4.69) is 16.0 Å². The molecular weight excluding hydrogens is 502 g/mol. The number of fused-ring (bicyclic) bond motifs is 12. The van der Waals surface area contributed by atoms with Gasteiger partial charge in [0.2, 0.25) is 23.6 Å². The molecule has 0 saturated heterocycles. The van der Waals surface area contributed by atoms with Crippen LogP contribution in [0.15, 0.2) is 24.3 Å². The first-order valence-electron chi connectivity index (χ1n) is 13.5. The molecule has 11 heteroatoms. The first-order valence-corrected chi connectivity index (χ1v) is 13.5. The second-order valence-corrected chi connectivity index (χ2v) is 11.7. The molecule has 0 spiro atoms. The van der Waals surface area contributed by atoms with E-state index >= 15 is 0 Å². The van der Waals surface area contributed by atoms with Crippen LogP contribution in [0.2, 0.25) is 0 Å². The van der Waals surface area contributed by atoms with Crippen molar-refractivity contribution in [3.05, 3.63) is 29.8 Å². The van der Waals surface area contributed by atoms with E-state index in [-0.39, 0.29) is 44.2 Å². The first-order chi connectivity index (χ1) is 18.2. The van der Waals surface area contributed by atoms with Crippen LogP contribution in [-0.2, 0) is 25.6 Å². The standard InChI is InChI=1S/C28H45N5O6/c1-18(2)15-33(17-26(37)32-28(3,4)5)16-23(34)21-13-19-8-10-20(11-9-19)39-12-6-7-25(36)30-22(14-24(29)35)27(38)31-21/h8-11,18,21-23,34H,6-7,12-17H2,1-5H3,(H2,29,35)(H,30,36)(H,31,38)(H,32,37)/t21-,22-,23-/m0/s1. The Bertz CT molecular complexity index is 976. The van der Waals surface area contributed by atoms with Crippen LogP contribution in [0.1, 0.15) is 59.4 Å². The average Bonchev–Trinajstić information content (AvgIpc) is 2.80. The molecule has 6 N–H and O–H groups in total. The molecular formula is C28H45N5O6. The van der Waals surface area contributed by atoms with Crippen LogP contribution < -0.4 is 26.4 Å². The zero-order valence-electron chi connectivity index (χ0n) is 23.8. The minimum atomic E-state index is -1.18. The van der Waals surface area contributed by atoms with Crippen LogP contribution in [0.3, 0.4) is 0 Å². The quantitative estimate of drug-likeness (QED) is 0.300. The van der Waals surface area contributed by atoms with Gasteiger partial charge in [-0.15, -0.1) is 0 Å². The van der Waals surface area contributed by atoms with Crippen LogP contribution >= 0.6 is 0 Å². The molecule has 0 unspecified atom stereocenters. The Morgan fingerprint density at radius 1 is 1.15 bits per heavy atom. The summed E-state index contributed by atoms with van der Waals surface area (Å²) in [6.07, 6.45) is -0.639. The molecule has 0 radical (unpaired) electrons. The maximum Gasteiger partial charge on any atom is 0.243 e. The van der Waals surface area contributed by atoms with Gasteiger partial charge < -0.3 is 31.5 Å². The summed E-state index contributed by atoms with van der Waals surface area (Å²) in [4.78, 5) is 51.9. The number of rotatable bonds is 9. The van der Waals surface area contributed by atoms with Crippen molar-refractivity contribution in [3.63, 3.8) is 0 Å². The van der Waals surface area contributed by atoms with Crippen LogP contribution in [0.25, 0.3) is 0 Å². The highest BCUT2D eigenvalue weighted by Gasteiger charge is 2.30. The molecule has 11 nitrogen and oxygen atoms in total. The van der Waals surface area contributed by atoms with Crippen molar-refractivity contribution in [1.29, 1.82) is 0 Å². The number of aliphatic hydroxyl groups excluding tert-OH is 1. The Morgan fingerprint density at radius 2 is 1.82 bits per heavy atom. The lowest BCUT2D eigenvalue weighted by molar-refractivity contribution is -0.132. The highest BCUT2D eigenvalue weighted by molar-refractivity contribution is 5.91. The summed E-state index contributed by atoms with van der Waals surface area (Å²) in [7, 11) is 0. The van der Waals surface area contributed by atoms with E-state index in [1.165, 1.54) is 0 Å². The number of hydrogen-bond donors (Lipinski definition) is 5. The number of amides is 4. The third kappa shape index (κ3) is 12.5. The van der Waals surface area contributed by atoms with Crippen LogP contribution in [0.4, 0.5) is 0 Å². The summed E-state index contributed by atoms with van der Waals surface area (Å²) < 4.78 is 5.70. The highest BCUT2D eigenvalue weighted by Crippen LogP contribution is 2.16. The minimum absolute atomic E-state index is 0.0829. The number of nitrogens with two attached hydrogens (primary N) is 1. The molecule has 2 aliphatic rings. The lowest BCUT2D eigenvalue weighted by Gasteiger charge is -2.32. The number of ether oxygens (including phenoxy) is 1. The Hall–Kier alpha value is -3.18. The fraction of sp³-hybridized carbons (Fsp3) is 0.643. The zero-order valence-corrected chi connectivity index (χ0v) is 23.8. The van der Waals surface area contributed by atoms with Crippen LogP contribution in [0.5, 0.6) is 5.75 Å². The van der Waals surface area contributed by atoms with Gasteiger partial charge in [-0.1, -0.05) is 26.0 Å². The van der Waals surface area contributed by atoms with E-state index in [1.54, 1.807) is 12.1 Å². The first kappa shape index (κ1) is 32.0. The number of hydrogen-bond acceptors (Lipinski definition) is 7. The fourth-order valence-corrected chi connectivity index (χ4v) is 4.41. The van der Waals surface area contributed by atoms with Gasteiger partial charge in [0, 0.05) is 25.0 Å². The van der Waals surface area contributed by atoms with Gasteiger partial charge in [0.25, 0.3) is 0 Å². The second kappa shape index (κ2) is 14.8. The normalized spacial score (nSPS) is 19.9. The van der Waals surface area contributed by atoms with Gasteiger partial charge in [-0.3, -0.25) is 24.1 Å². The summed E-state index contributed by atoms with van der Waals surface area (Å²) in [5, 5.41) is 19.7. The average molecular weight is 548 g/mol. The van der Waals surface area contributed by atoms with Gasteiger partial charge in [-0.2, -0.15) is 0 Å². The zero-order chi connectivity index (χ0) is 29.2. The Morgan fingerprint density at radius 3 is 2.41 bits per heavy atom. The molecule has 2 aliphatic heterocycles. The topological polar surface area (TPSA) is 163 Å². The molecule has 0 aromatic heterocycles. The Labute approximate surface area is 231 Å². The molecule has 218 valence electrons. The monoisotopic (exact) mass is 547 g/mol. The smallest absolute Gasteiger partial charge is 0.243 e.